The SMILES string of the molecule is Cc1ccc(-c2ccc(=O)n(CCCNC(=O)C(C)Oc3ccccc3F)n2)cc1. The van der Waals surface area contributed by atoms with Crippen LogP contribution < -0.4 is 15.6 Å². The smallest absolute Gasteiger partial charge is 0.266 e. The minimum Gasteiger partial charge on any atom is -0.478 e. The normalized spacial score (nSPS) is 11.7. The summed E-state index contributed by atoms with van der Waals surface area (Å²) in [5.74, 6) is -0.841. The molecule has 1 N–H and O–H groups in total. The average Bonchev–Trinajstić information content (AvgIpc) is 2.74. The number of carbonyl (C=O) groups is 1. The van der Waals surface area contributed by atoms with E-state index in [4.69, 9.17) is 4.74 Å². The Balaban J connectivity index is 1.52. The summed E-state index contributed by atoms with van der Waals surface area (Å²) < 4.78 is 20.4. The predicted molar refractivity (Wildman–Crippen MR) is 113 cm³/mol. The Hall–Kier alpha value is -3.48. The molecule has 30 heavy (non-hydrogen) atoms. The van der Waals surface area contributed by atoms with Gasteiger partial charge in [-0.2, -0.15) is 5.10 Å². The summed E-state index contributed by atoms with van der Waals surface area (Å²) >= 11 is 0. The lowest BCUT2D eigenvalue weighted by molar-refractivity contribution is -0.127. The Kier molecular flexibility index (Phi) is 6.95. The lowest BCUT2D eigenvalue weighted by atomic mass is 10.1. The molecular weight excluding hydrogens is 385 g/mol. The molecule has 1 unspecified atom stereocenters. The number of halogens is 1. The minimum atomic E-state index is -0.840. The van der Waals surface area contributed by atoms with Crippen LogP contribution in [-0.2, 0) is 11.3 Å². The maximum atomic E-state index is 13.6. The molecule has 7 heteroatoms. The van der Waals surface area contributed by atoms with Crippen molar-refractivity contribution in [1.29, 1.82) is 0 Å². The maximum absolute atomic E-state index is 13.6. The molecule has 0 saturated heterocycles. The molecule has 1 atom stereocenters. The van der Waals surface area contributed by atoms with E-state index in [-0.39, 0.29) is 17.2 Å². The van der Waals surface area contributed by atoms with Crippen LogP contribution >= 0.6 is 0 Å². The number of benzene rings is 2. The Morgan fingerprint density at radius 1 is 1.13 bits per heavy atom. The summed E-state index contributed by atoms with van der Waals surface area (Å²) in [6.45, 7) is 4.27. The van der Waals surface area contributed by atoms with Gasteiger partial charge in [-0.3, -0.25) is 9.59 Å². The van der Waals surface area contributed by atoms with E-state index in [2.05, 4.69) is 10.4 Å². The summed E-state index contributed by atoms with van der Waals surface area (Å²) in [5, 5.41) is 7.15. The third-order valence-corrected chi connectivity index (χ3v) is 4.57. The fourth-order valence-electron chi connectivity index (χ4n) is 2.86. The zero-order valence-corrected chi connectivity index (χ0v) is 17.0. The van der Waals surface area contributed by atoms with Crippen molar-refractivity contribution in [3.63, 3.8) is 0 Å². The summed E-state index contributed by atoms with van der Waals surface area (Å²) in [6.07, 6.45) is -0.324. The first kappa shape index (κ1) is 21.2. The molecule has 0 fully saturated rings. The molecule has 0 aliphatic heterocycles. The van der Waals surface area contributed by atoms with Crippen LogP contribution in [0.25, 0.3) is 11.3 Å². The highest BCUT2D eigenvalue weighted by Crippen LogP contribution is 2.17. The molecular formula is C23H24FN3O3. The largest absolute Gasteiger partial charge is 0.478 e. The van der Waals surface area contributed by atoms with Gasteiger partial charge in [-0.05, 0) is 38.5 Å². The van der Waals surface area contributed by atoms with Crippen LogP contribution in [0.5, 0.6) is 5.75 Å². The van der Waals surface area contributed by atoms with Crippen LogP contribution in [0.2, 0.25) is 0 Å². The van der Waals surface area contributed by atoms with Crippen molar-refractivity contribution in [3.05, 3.63) is 82.4 Å². The lowest BCUT2D eigenvalue weighted by Crippen LogP contribution is -2.37. The van der Waals surface area contributed by atoms with Gasteiger partial charge in [0.1, 0.15) is 0 Å². The van der Waals surface area contributed by atoms with Crippen molar-refractivity contribution in [2.45, 2.75) is 32.9 Å². The second kappa shape index (κ2) is 9.82. The zero-order chi connectivity index (χ0) is 21.5. The fraction of sp³-hybridized carbons (Fsp3) is 0.261. The molecule has 1 amide bonds. The van der Waals surface area contributed by atoms with E-state index >= 15 is 0 Å². The maximum Gasteiger partial charge on any atom is 0.266 e. The highest BCUT2D eigenvalue weighted by atomic mass is 19.1. The monoisotopic (exact) mass is 409 g/mol. The Bertz CT molecular complexity index is 1060. The molecule has 0 aliphatic rings. The molecule has 0 spiro atoms. The summed E-state index contributed by atoms with van der Waals surface area (Å²) in [7, 11) is 0. The van der Waals surface area contributed by atoms with Crippen LogP contribution in [0.15, 0.2) is 65.5 Å². The summed E-state index contributed by atoms with van der Waals surface area (Å²) in [5.41, 5.74) is 2.59. The molecule has 1 heterocycles. The number of nitrogens with one attached hydrogen (secondary N) is 1. The number of aryl methyl sites for hydroxylation is 2. The standard InChI is InChI=1S/C23H24FN3O3/c1-16-8-10-18(11-9-16)20-12-13-22(28)27(26-20)15-5-14-25-23(29)17(2)30-21-7-4-3-6-19(21)24/h3-4,6-13,17H,5,14-15H2,1-2H3,(H,25,29). The summed E-state index contributed by atoms with van der Waals surface area (Å²) in [4.78, 5) is 24.2. The van der Waals surface area contributed by atoms with Gasteiger partial charge in [0.15, 0.2) is 17.7 Å². The van der Waals surface area contributed by atoms with Gasteiger partial charge in [-0.25, -0.2) is 9.07 Å². The highest BCUT2D eigenvalue weighted by Gasteiger charge is 2.15. The number of rotatable bonds is 8. The summed E-state index contributed by atoms with van der Waals surface area (Å²) in [6, 6.07) is 17.0. The van der Waals surface area contributed by atoms with Gasteiger partial charge < -0.3 is 10.1 Å². The second-order valence-corrected chi connectivity index (χ2v) is 6.98. The van der Waals surface area contributed by atoms with E-state index in [0.717, 1.165) is 11.1 Å². The number of para-hydroxylation sites is 1. The van der Waals surface area contributed by atoms with E-state index in [1.54, 1.807) is 25.1 Å². The Labute approximate surface area is 174 Å². The molecule has 0 saturated carbocycles. The van der Waals surface area contributed by atoms with Crippen molar-refractivity contribution in [3.8, 4) is 17.0 Å². The number of hydrogen-bond acceptors (Lipinski definition) is 4. The van der Waals surface area contributed by atoms with Crippen molar-refractivity contribution < 1.29 is 13.9 Å². The number of amides is 1. The number of nitrogens with zero attached hydrogens (tertiary/aromatic N) is 2. The first-order valence-corrected chi connectivity index (χ1v) is 9.78. The van der Waals surface area contributed by atoms with E-state index in [9.17, 15) is 14.0 Å². The molecule has 3 aromatic rings. The highest BCUT2D eigenvalue weighted by molar-refractivity contribution is 5.80. The Morgan fingerprint density at radius 2 is 1.87 bits per heavy atom. The second-order valence-electron chi connectivity index (χ2n) is 6.98. The van der Waals surface area contributed by atoms with Crippen LogP contribution in [0.3, 0.4) is 0 Å². The van der Waals surface area contributed by atoms with Crippen molar-refractivity contribution >= 4 is 5.91 Å². The van der Waals surface area contributed by atoms with E-state index < -0.39 is 11.9 Å². The van der Waals surface area contributed by atoms with Crippen LogP contribution in [-0.4, -0.2) is 28.3 Å². The van der Waals surface area contributed by atoms with Gasteiger partial charge in [0.2, 0.25) is 0 Å². The number of carbonyl (C=O) groups excluding carboxylic acids is 1. The molecule has 0 radical (unpaired) electrons. The molecule has 1 aromatic heterocycles. The van der Waals surface area contributed by atoms with Crippen LogP contribution in [0.4, 0.5) is 4.39 Å². The third-order valence-electron chi connectivity index (χ3n) is 4.57. The third kappa shape index (κ3) is 5.53. The quantitative estimate of drug-likeness (QED) is 0.579. The van der Waals surface area contributed by atoms with Crippen molar-refractivity contribution in [2.24, 2.45) is 0 Å². The first-order chi connectivity index (χ1) is 14.4. The molecule has 6 nitrogen and oxygen atoms in total. The molecule has 2 aromatic carbocycles. The Morgan fingerprint density at radius 3 is 2.60 bits per heavy atom. The molecule has 0 aliphatic carbocycles. The van der Waals surface area contributed by atoms with Gasteiger partial charge in [-0.15, -0.1) is 0 Å². The minimum absolute atomic E-state index is 0.0313. The van der Waals surface area contributed by atoms with E-state index in [1.807, 2.05) is 31.2 Å². The van der Waals surface area contributed by atoms with Crippen molar-refractivity contribution in [1.82, 2.24) is 15.1 Å². The average molecular weight is 409 g/mol. The number of hydrogen-bond donors (Lipinski definition) is 1. The van der Waals surface area contributed by atoms with Gasteiger partial charge in [0.25, 0.3) is 11.5 Å². The van der Waals surface area contributed by atoms with Gasteiger partial charge in [-0.1, -0.05) is 42.0 Å². The van der Waals surface area contributed by atoms with Gasteiger partial charge in [0, 0.05) is 24.7 Å². The molecule has 156 valence electrons. The fourth-order valence-corrected chi connectivity index (χ4v) is 2.86. The van der Waals surface area contributed by atoms with Crippen molar-refractivity contribution in [2.75, 3.05) is 6.54 Å². The first-order valence-electron chi connectivity index (χ1n) is 9.78. The number of aromatic nitrogens is 2. The topological polar surface area (TPSA) is 73.2 Å². The van der Waals surface area contributed by atoms with Gasteiger partial charge in [0.05, 0.1) is 5.69 Å². The zero-order valence-electron chi connectivity index (χ0n) is 17.0. The molecule has 3 rings (SSSR count). The lowest BCUT2D eigenvalue weighted by Gasteiger charge is -2.15. The predicted octanol–water partition coefficient (Wildman–Crippen LogP) is 3.33. The van der Waals surface area contributed by atoms with E-state index in [1.165, 1.54) is 22.9 Å². The van der Waals surface area contributed by atoms with E-state index in [0.29, 0.717) is 25.2 Å². The van der Waals surface area contributed by atoms with Crippen LogP contribution in [0.1, 0.15) is 18.9 Å². The van der Waals surface area contributed by atoms with Gasteiger partial charge >= 0.3 is 0 Å². The molecule has 0 bridgehead atoms. The van der Waals surface area contributed by atoms with Crippen LogP contribution in [0, 0.1) is 12.7 Å². The number of ether oxygens (including phenoxy) is 1.